The smallest absolute Gasteiger partial charge is 0.130 e. The molecule has 1 aliphatic heterocycles. The summed E-state index contributed by atoms with van der Waals surface area (Å²) in [6.07, 6.45) is 2.09. The minimum atomic E-state index is -0.280. The maximum absolute atomic E-state index is 13.3. The van der Waals surface area contributed by atoms with Gasteiger partial charge in [0, 0.05) is 24.5 Å². The molecule has 2 aromatic carbocycles. The number of fused-ring (bicyclic) bond motifs is 3. The van der Waals surface area contributed by atoms with Gasteiger partial charge in [-0.25, -0.2) is 4.39 Å². The topological polar surface area (TPSA) is 33.0 Å². The first kappa shape index (κ1) is 12.7. The quantitative estimate of drug-likeness (QED) is 0.827. The standard InChI is InChI=1S/C17H14FNO/c18-14-4-6-16-15-5-3-12(2-1-8-19)10-13(15)7-9-20-17(16)11-14/h3-6,10-11H,1-2,7,9H2. The predicted molar refractivity (Wildman–Crippen MR) is 75.0 cm³/mol. The Hall–Kier alpha value is -2.34. The third kappa shape index (κ3) is 2.37. The molecule has 1 heterocycles. The normalized spacial score (nSPS) is 12.6. The maximum Gasteiger partial charge on any atom is 0.130 e. The fourth-order valence-electron chi connectivity index (χ4n) is 2.58. The molecule has 0 amide bonds. The zero-order valence-corrected chi connectivity index (χ0v) is 11.0. The van der Waals surface area contributed by atoms with Gasteiger partial charge in [-0.2, -0.15) is 5.26 Å². The molecular weight excluding hydrogens is 253 g/mol. The lowest BCUT2D eigenvalue weighted by atomic mass is 9.95. The number of aryl methyl sites for hydroxylation is 1. The lowest BCUT2D eigenvalue weighted by molar-refractivity contribution is 0.325. The van der Waals surface area contributed by atoms with E-state index < -0.39 is 0 Å². The van der Waals surface area contributed by atoms with Crippen LogP contribution < -0.4 is 4.74 Å². The van der Waals surface area contributed by atoms with E-state index in [1.54, 1.807) is 6.07 Å². The maximum atomic E-state index is 13.3. The number of ether oxygens (including phenoxy) is 1. The number of halogens is 1. The number of hydrogen-bond donors (Lipinski definition) is 0. The van der Waals surface area contributed by atoms with Gasteiger partial charge in [0.25, 0.3) is 0 Å². The monoisotopic (exact) mass is 267 g/mol. The molecule has 0 spiro atoms. The molecule has 0 unspecified atom stereocenters. The van der Waals surface area contributed by atoms with Crippen LogP contribution >= 0.6 is 0 Å². The average Bonchev–Trinajstić information content (AvgIpc) is 2.63. The van der Waals surface area contributed by atoms with Crippen LogP contribution in [0.1, 0.15) is 17.5 Å². The Bertz CT molecular complexity index is 688. The van der Waals surface area contributed by atoms with Gasteiger partial charge in [-0.15, -0.1) is 0 Å². The second kappa shape index (κ2) is 5.34. The van der Waals surface area contributed by atoms with Crippen LogP contribution in [0.5, 0.6) is 5.75 Å². The fraction of sp³-hybridized carbons (Fsp3) is 0.235. The van der Waals surface area contributed by atoms with Gasteiger partial charge < -0.3 is 4.74 Å². The summed E-state index contributed by atoms with van der Waals surface area (Å²) >= 11 is 0. The second-order valence-electron chi connectivity index (χ2n) is 4.89. The summed E-state index contributed by atoms with van der Waals surface area (Å²) in [5.41, 5.74) is 4.39. The van der Waals surface area contributed by atoms with Crippen molar-refractivity contribution in [3.05, 3.63) is 53.3 Å². The van der Waals surface area contributed by atoms with E-state index in [4.69, 9.17) is 10.00 Å². The van der Waals surface area contributed by atoms with Crippen molar-refractivity contribution in [3.63, 3.8) is 0 Å². The third-order valence-electron chi connectivity index (χ3n) is 3.56. The summed E-state index contributed by atoms with van der Waals surface area (Å²) in [6.45, 7) is 0.547. The van der Waals surface area contributed by atoms with Crippen molar-refractivity contribution < 1.29 is 9.13 Å². The zero-order valence-electron chi connectivity index (χ0n) is 11.0. The van der Waals surface area contributed by atoms with E-state index in [9.17, 15) is 4.39 Å². The van der Waals surface area contributed by atoms with E-state index >= 15 is 0 Å². The third-order valence-corrected chi connectivity index (χ3v) is 3.56. The highest BCUT2D eigenvalue weighted by molar-refractivity contribution is 5.74. The van der Waals surface area contributed by atoms with E-state index in [-0.39, 0.29) is 5.82 Å². The van der Waals surface area contributed by atoms with E-state index in [1.807, 2.05) is 12.1 Å². The van der Waals surface area contributed by atoms with Crippen LogP contribution in [0, 0.1) is 17.1 Å². The first-order chi connectivity index (χ1) is 9.78. The lowest BCUT2D eigenvalue weighted by Gasteiger charge is -2.09. The van der Waals surface area contributed by atoms with Crippen LogP contribution in [0.15, 0.2) is 36.4 Å². The summed E-state index contributed by atoms with van der Waals surface area (Å²) in [7, 11) is 0. The van der Waals surface area contributed by atoms with Crippen LogP contribution in [-0.4, -0.2) is 6.61 Å². The molecule has 0 atom stereocenters. The summed E-state index contributed by atoms with van der Waals surface area (Å²) in [6, 6.07) is 13.0. The highest BCUT2D eigenvalue weighted by Gasteiger charge is 2.16. The van der Waals surface area contributed by atoms with Crippen molar-refractivity contribution >= 4 is 0 Å². The van der Waals surface area contributed by atoms with Crippen molar-refractivity contribution in [2.45, 2.75) is 19.3 Å². The van der Waals surface area contributed by atoms with Gasteiger partial charge in [0.1, 0.15) is 11.6 Å². The summed E-state index contributed by atoms with van der Waals surface area (Å²) in [5.74, 6) is 0.325. The minimum Gasteiger partial charge on any atom is -0.492 e. The van der Waals surface area contributed by atoms with Crippen molar-refractivity contribution in [2.75, 3.05) is 6.61 Å². The largest absolute Gasteiger partial charge is 0.492 e. The molecule has 0 saturated carbocycles. The molecular formula is C17H14FNO. The van der Waals surface area contributed by atoms with Crippen molar-refractivity contribution in [1.82, 2.24) is 0 Å². The van der Waals surface area contributed by atoms with Crippen LogP contribution in [0.3, 0.4) is 0 Å². The number of benzene rings is 2. The molecule has 0 aliphatic carbocycles. The molecule has 1 aliphatic rings. The lowest BCUT2D eigenvalue weighted by Crippen LogP contribution is -1.99. The molecule has 0 saturated heterocycles. The van der Waals surface area contributed by atoms with Crippen LogP contribution in [0.4, 0.5) is 4.39 Å². The van der Waals surface area contributed by atoms with Crippen molar-refractivity contribution in [1.29, 1.82) is 5.26 Å². The molecule has 3 heteroatoms. The van der Waals surface area contributed by atoms with Gasteiger partial charge in [0.05, 0.1) is 12.7 Å². The Labute approximate surface area is 117 Å². The molecule has 0 aromatic heterocycles. The molecule has 0 fully saturated rings. The van der Waals surface area contributed by atoms with Crippen LogP contribution in [0.2, 0.25) is 0 Å². The van der Waals surface area contributed by atoms with Crippen LogP contribution in [0.25, 0.3) is 11.1 Å². The Morgan fingerprint density at radius 1 is 1.15 bits per heavy atom. The SMILES string of the molecule is N#CCCc1ccc2c(c1)CCOc1cc(F)ccc1-2. The van der Waals surface area contributed by atoms with Gasteiger partial charge in [0.2, 0.25) is 0 Å². The molecule has 20 heavy (non-hydrogen) atoms. The van der Waals surface area contributed by atoms with Crippen molar-refractivity contribution in [2.24, 2.45) is 0 Å². The number of nitrogens with zero attached hydrogens (tertiary/aromatic N) is 1. The Kier molecular flexibility index (Phi) is 3.39. The van der Waals surface area contributed by atoms with Gasteiger partial charge in [-0.3, -0.25) is 0 Å². The summed E-state index contributed by atoms with van der Waals surface area (Å²) < 4.78 is 18.9. The molecule has 0 N–H and O–H groups in total. The van der Waals surface area contributed by atoms with E-state index in [0.29, 0.717) is 18.8 Å². The number of nitriles is 1. The molecule has 3 rings (SSSR count). The summed E-state index contributed by atoms with van der Waals surface area (Å²) in [5, 5.41) is 8.66. The summed E-state index contributed by atoms with van der Waals surface area (Å²) in [4.78, 5) is 0. The molecule has 100 valence electrons. The van der Waals surface area contributed by atoms with E-state index in [0.717, 1.165) is 29.5 Å². The Morgan fingerprint density at radius 3 is 2.85 bits per heavy atom. The average molecular weight is 267 g/mol. The second-order valence-corrected chi connectivity index (χ2v) is 4.89. The predicted octanol–water partition coefficient (Wildman–Crippen LogP) is 3.88. The van der Waals surface area contributed by atoms with Crippen LogP contribution in [-0.2, 0) is 12.8 Å². The molecule has 2 aromatic rings. The Morgan fingerprint density at radius 2 is 2.00 bits per heavy atom. The Balaban J connectivity index is 2.04. The highest BCUT2D eigenvalue weighted by atomic mass is 19.1. The van der Waals surface area contributed by atoms with E-state index in [1.165, 1.54) is 17.7 Å². The van der Waals surface area contributed by atoms with Gasteiger partial charge in [-0.05, 0) is 35.2 Å². The van der Waals surface area contributed by atoms with Crippen molar-refractivity contribution in [3.8, 4) is 22.9 Å². The molecule has 0 radical (unpaired) electrons. The first-order valence-electron chi connectivity index (χ1n) is 6.69. The molecule has 0 bridgehead atoms. The van der Waals surface area contributed by atoms with E-state index in [2.05, 4.69) is 12.1 Å². The number of hydrogen-bond acceptors (Lipinski definition) is 2. The number of rotatable bonds is 2. The van der Waals surface area contributed by atoms with Gasteiger partial charge >= 0.3 is 0 Å². The first-order valence-corrected chi connectivity index (χ1v) is 6.69. The van der Waals surface area contributed by atoms with Gasteiger partial charge in [-0.1, -0.05) is 18.2 Å². The molecule has 2 nitrogen and oxygen atoms in total. The zero-order chi connectivity index (χ0) is 13.9. The highest BCUT2D eigenvalue weighted by Crippen LogP contribution is 2.36. The van der Waals surface area contributed by atoms with Gasteiger partial charge in [0.15, 0.2) is 0 Å². The minimum absolute atomic E-state index is 0.280. The fourth-order valence-corrected chi connectivity index (χ4v) is 2.58.